The van der Waals surface area contributed by atoms with Crippen molar-refractivity contribution in [3.63, 3.8) is 0 Å². The summed E-state index contributed by atoms with van der Waals surface area (Å²) >= 11 is 0. The Morgan fingerprint density at radius 1 is 1.75 bits per heavy atom. The summed E-state index contributed by atoms with van der Waals surface area (Å²) in [5.41, 5.74) is 5.42. The van der Waals surface area contributed by atoms with Gasteiger partial charge < -0.3 is 11.1 Å². The van der Waals surface area contributed by atoms with Crippen molar-refractivity contribution in [2.24, 2.45) is 5.73 Å². The van der Waals surface area contributed by atoms with E-state index in [-0.39, 0.29) is 11.9 Å². The normalized spacial score (nSPS) is 31.8. The van der Waals surface area contributed by atoms with Gasteiger partial charge in [-0.05, 0) is 26.9 Å². The maximum Gasteiger partial charge on any atom is 0.237 e. The number of hydrogen-bond acceptors (Lipinski definition) is 3. The number of hydrogen-bond donors (Lipinski definition) is 2. The predicted octanol–water partition coefficient (Wildman–Crippen LogP) is -0.846. The molecule has 0 radical (unpaired) electrons. The third-order valence-electron chi connectivity index (χ3n) is 2.50. The molecule has 1 aliphatic rings. The maximum atomic E-state index is 11.3. The molecule has 3 N–H and O–H groups in total. The van der Waals surface area contributed by atoms with Crippen LogP contribution in [0.1, 0.15) is 13.3 Å². The molecule has 1 rings (SSSR count). The number of likely N-dealkylation sites (N-methyl/N-ethyl adjacent to an activating group) is 1. The highest BCUT2D eigenvalue weighted by atomic mass is 16.2. The monoisotopic (exact) mass is 171 g/mol. The number of rotatable bonds is 2. The van der Waals surface area contributed by atoms with Crippen molar-refractivity contribution in [2.45, 2.75) is 25.4 Å². The van der Waals surface area contributed by atoms with Gasteiger partial charge in [-0.15, -0.1) is 0 Å². The van der Waals surface area contributed by atoms with E-state index >= 15 is 0 Å². The molecule has 1 fully saturated rings. The Balaban J connectivity index is 2.58. The largest absolute Gasteiger partial charge is 0.353 e. The summed E-state index contributed by atoms with van der Waals surface area (Å²) in [7, 11) is 1.98. The Morgan fingerprint density at radius 3 is 3.00 bits per heavy atom. The summed E-state index contributed by atoms with van der Waals surface area (Å²) in [5.74, 6) is 0.112. The third kappa shape index (κ3) is 1.76. The van der Waals surface area contributed by atoms with Crippen LogP contribution in [0.4, 0.5) is 0 Å². The standard InChI is InChI=1S/C8H17N3O/c1-6-5-10-8(12)7(3-4-9)11(6)2/h6-7H,3-5,9H2,1-2H3,(H,10,12). The summed E-state index contributed by atoms with van der Waals surface area (Å²) in [5, 5.41) is 2.86. The van der Waals surface area contributed by atoms with E-state index in [1.807, 2.05) is 7.05 Å². The first-order valence-electron chi connectivity index (χ1n) is 4.36. The van der Waals surface area contributed by atoms with Gasteiger partial charge in [-0.3, -0.25) is 9.69 Å². The van der Waals surface area contributed by atoms with Crippen molar-refractivity contribution in [1.82, 2.24) is 10.2 Å². The van der Waals surface area contributed by atoms with Crippen molar-refractivity contribution in [2.75, 3.05) is 20.1 Å². The van der Waals surface area contributed by atoms with E-state index in [1.165, 1.54) is 0 Å². The zero-order valence-electron chi connectivity index (χ0n) is 7.71. The molecule has 1 saturated heterocycles. The Morgan fingerprint density at radius 2 is 2.42 bits per heavy atom. The second-order valence-electron chi connectivity index (χ2n) is 3.35. The number of amides is 1. The zero-order valence-corrected chi connectivity index (χ0v) is 7.71. The van der Waals surface area contributed by atoms with Gasteiger partial charge in [0.25, 0.3) is 0 Å². The van der Waals surface area contributed by atoms with Crippen LogP contribution in [-0.4, -0.2) is 43.0 Å². The summed E-state index contributed by atoms with van der Waals surface area (Å²) < 4.78 is 0. The van der Waals surface area contributed by atoms with Gasteiger partial charge in [0.2, 0.25) is 5.91 Å². The van der Waals surface area contributed by atoms with Gasteiger partial charge in [0.05, 0.1) is 6.04 Å². The minimum atomic E-state index is -0.0289. The van der Waals surface area contributed by atoms with Crippen LogP contribution >= 0.6 is 0 Å². The van der Waals surface area contributed by atoms with Crippen LogP contribution in [0.2, 0.25) is 0 Å². The van der Waals surface area contributed by atoms with Crippen molar-refractivity contribution in [1.29, 1.82) is 0 Å². The van der Waals surface area contributed by atoms with Gasteiger partial charge in [-0.2, -0.15) is 0 Å². The van der Waals surface area contributed by atoms with E-state index in [4.69, 9.17) is 5.73 Å². The first-order valence-corrected chi connectivity index (χ1v) is 4.36. The molecule has 0 aromatic heterocycles. The van der Waals surface area contributed by atoms with Crippen LogP contribution < -0.4 is 11.1 Å². The number of nitrogens with zero attached hydrogens (tertiary/aromatic N) is 1. The molecule has 12 heavy (non-hydrogen) atoms. The van der Waals surface area contributed by atoms with E-state index in [9.17, 15) is 4.79 Å². The lowest BCUT2D eigenvalue weighted by molar-refractivity contribution is -0.130. The Kier molecular flexibility index (Phi) is 3.05. The smallest absolute Gasteiger partial charge is 0.237 e. The highest BCUT2D eigenvalue weighted by Crippen LogP contribution is 2.10. The second-order valence-corrected chi connectivity index (χ2v) is 3.35. The Labute approximate surface area is 73.1 Å². The highest BCUT2D eigenvalue weighted by molar-refractivity contribution is 5.82. The number of carbonyl (C=O) groups excluding carboxylic acids is 1. The van der Waals surface area contributed by atoms with Gasteiger partial charge >= 0.3 is 0 Å². The molecule has 0 spiro atoms. The zero-order chi connectivity index (χ0) is 9.14. The summed E-state index contributed by atoms with van der Waals surface area (Å²) in [6.07, 6.45) is 0.743. The van der Waals surface area contributed by atoms with Gasteiger partial charge in [0, 0.05) is 12.6 Å². The number of carbonyl (C=O) groups is 1. The van der Waals surface area contributed by atoms with Gasteiger partial charge in [-0.1, -0.05) is 0 Å². The van der Waals surface area contributed by atoms with Crippen molar-refractivity contribution >= 4 is 5.91 Å². The fraction of sp³-hybridized carbons (Fsp3) is 0.875. The number of nitrogens with two attached hydrogens (primary N) is 1. The van der Waals surface area contributed by atoms with E-state index in [0.29, 0.717) is 12.6 Å². The van der Waals surface area contributed by atoms with Crippen molar-refractivity contribution in [3.8, 4) is 0 Å². The molecule has 2 atom stereocenters. The number of nitrogens with one attached hydrogen (secondary N) is 1. The molecule has 70 valence electrons. The van der Waals surface area contributed by atoms with Crippen molar-refractivity contribution < 1.29 is 4.79 Å². The molecule has 0 aliphatic carbocycles. The van der Waals surface area contributed by atoms with Crippen LogP contribution in [0.15, 0.2) is 0 Å². The molecule has 0 bridgehead atoms. The van der Waals surface area contributed by atoms with Crippen molar-refractivity contribution in [3.05, 3.63) is 0 Å². The molecule has 4 nitrogen and oxygen atoms in total. The second kappa shape index (κ2) is 3.87. The Hall–Kier alpha value is -0.610. The molecule has 1 amide bonds. The van der Waals surface area contributed by atoms with Crippen LogP contribution in [0.25, 0.3) is 0 Å². The predicted molar refractivity (Wildman–Crippen MR) is 47.7 cm³/mol. The van der Waals surface area contributed by atoms with E-state index in [1.54, 1.807) is 0 Å². The molecule has 4 heteroatoms. The number of piperazine rings is 1. The minimum absolute atomic E-state index is 0.0289. The quantitative estimate of drug-likeness (QED) is 0.569. The molecule has 1 heterocycles. The SMILES string of the molecule is CC1CNC(=O)C(CCN)N1C. The fourth-order valence-electron chi connectivity index (χ4n) is 1.49. The molecular formula is C8H17N3O. The Bertz CT molecular complexity index is 172. The van der Waals surface area contributed by atoms with Gasteiger partial charge in [0.15, 0.2) is 0 Å². The summed E-state index contributed by atoms with van der Waals surface area (Å²) in [4.78, 5) is 13.4. The molecular weight excluding hydrogens is 154 g/mol. The lowest BCUT2D eigenvalue weighted by Crippen LogP contribution is -2.58. The lowest BCUT2D eigenvalue weighted by Gasteiger charge is -2.36. The minimum Gasteiger partial charge on any atom is -0.353 e. The fourth-order valence-corrected chi connectivity index (χ4v) is 1.49. The molecule has 0 aromatic rings. The van der Waals surface area contributed by atoms with E-state index in [0.717, 1.165) is 13.0 Å². The lowest BCUT2D eigenvalue weighted by atomic mass is 10.1. The van der Waals surface area contributed by atoms with Crippen LogP contribution in [0, 0.1) is 0 Å². The molecule has 0 aromatic carbocycles. The first-order chi connectivity index (χ1) is 5.66. The molecule has 2 unspecified atom stereocenters. The summed E-state index contributed by atoms with van der Waals surface area (Å²) in [6.45, 7) is 3.41. The maximum absolute atomic E-state index is 11.3. The average Bonchev–Trinajstić information content (AvgIpc) is 2.06. The van der Waals surface area contributed by atoms with Gasteiger partial charge in [-0.25, -0.2) is 0 Å². The third-order valence-corrected chi connectivity index (χ3v) is 2.50. The molecule has 0 saturated carbocycles. The van der Waals surface area contributed by atoms with Crippen LogP contribution in [0.5, 0.6) is 0 Å². The average molecular weight is 171 g/mol. The highest BCUT2D eigenvalue weighted by Gasteiger charge is 2.30. The van der Waals surface area contributed by atoms with E-state index < -0.39 is 0 Å². The topological polar surface area (TPSA) is 58.4 Å². The molecule has 1 aliphatic heterocycles. The summed E-state index contributed by atoms with van der Waals surface area (Å²) in [6, 6.07) is 0.387. The first kappa shape index (κ1) is 9.48. The van der Waals surface area contributed by atoms with Crippen LogP contribution in [0.3, 0.4) is 0 Å². The van der Waals surface area contributed by atoms with Gasteiger partial charge in [0.1, 0.15) is 0 Å². The van der Waals surface area contributed by atoms with Crippen LogP contribution in [-0.2, 0) is 4.79 Å². The van der Waals surface area contributed by atoms with E-state index in [2.05, 4.69) is 17.1 Å².